The molecule has 3 N–H and O–H groups in total. The highest BCUT2D eigenvalue weighted by Crippen LogP contribution is 2.21. The molecule has 0 aliphatic heterocycles. The molecular formula is C17H22N4O. The Morgan fingerprint density at radius 1 is 1.18 bits per heavy atom. The van der Waals surface area contributed by atoms with E-state index < -0.39 is 6.04 Å². The molecule has 1 heterocycles. The van der Waals surface area contributed by atoms with Gasteiger partial charge in [0.2, 0.25) is 5.91 Å². The molecule has 5 heteroatoms. The molecular weight excluding hydrogens is 276 g/mol. The average molecular weight is 298 g/mol. The van der Waals surface area contributed by atoms with Crippen molar-refractivity contribution in [3.05, 3.63) is 59.7 Å². The van der Waals surface area contributed by atoms with E-state index in [2.05, 4.69) is 15.3 Å². The minimum absolute atomic E-state index is 0.0773. The summed E-state index contributed by atoms with van der Waals surface area (Å²) in [5.41, 5.74) is 7.41. The van der Waals surface area contributed by atoms with Crippen molar-refractivity contribution >= 4 is 5.91 Å². The smallest absolute Gasteiger partial charge is 0.234 e. The fourth-order valence-corrected chi connectivity index (χ4v) is 2.36. The first-order valence-electron chi connectivity index (χ1n) is 7.39. The summed E-state index contributed by atoms with van der Waals surface area (Å²) in [7, 11) is 0. The maximum Gasteiger partial charge on any atom is 0.234 e. The molecule has 0 bridgehead atoms. The lowest BCUT2D eigenvalue weighted by Crippen LogP contribution is -2.47. The summed E-state index contributed by atoms with van der Waals surface area (Å²) >= 11 is 0. The van der Waals surface area contributed by atoms with Gasteiger partial charge in [0.15, 0.2) is 0 Å². The number of nitrogens with zero attached hydrogens (tertiary/aromatic N) is 2. The third-order valence-electron chi connectivity index (χ3n) is 3.52. The number of rotatable bonds is 6. The summed E-state index contributed by atoms with van der Waals surface area (Å²) in [6, 6.07) is 11.0. The first-order chi connectivity index (χ1) is 10.5. The van der Waals surface area contributed by atoms with Crippen molar-refractivity contribution in [3.8, 4) is 0 Å². The minimum Gasteiger partial charge on any atom is -0.368 e. The lowest BCUT2D eigenvalue weighted by molar-refractivity contribution is -0.121. The van der Waals surface area contributed by atoms with Crippen molar-refractivity contribution in [3.63, 3.8) is 0 Å². The van der Waals surface area contributed by atoms with E-state index in [1.807, 2.05) is 57.2 Å². The van der Waals surface area contributed by atoms with Crippen LogP contribution in [0.1, 0.15) is 37.0 Å². The van der Waals surface area contributed by atoms with Gasteiger partial charge in [0.05, 0.1) is 12.1 Å². The maximum absolute atomic E-state index is 11.7. The van der Waals surface area contributed by atoms with Crippen LogP contribution >= 0.6 is 0 Å². The number of primary amides is 1. The van der Waals surface area contributed by atoms with Crippen molar-refractivity contribution in [1.82, 2.24) is 15.3 Å². The van der Waals surface area contributed by atoms with Gasteiger partial charge in [-0.15, -0.1) is 0 Å². The number of benzene rings is 1. The average Bonchev–Trinajstić information content (AvgIpc) is 2.48. The van der Waals surface area contributed by atoms with Gasteiger partial charge >= 0.3 is 0 Å². The Labute approximate surface area is 131 Å². The Hall–Kier alpha value is -2.27. The fourth-order valence-electron chi connectivity index (χ4n) is 2.36. The van der Waals surface area contributed by atoms with E-state index in [1.165, 1.54) is 0 Å². The predicted octanol–water partition coefficient (Wildman–Crippen LogP) is 1.97. The summed E-state index contributed by atoms with van der Waals surface area (Å²) in [5, 5.41) is 3.31. The zero-order chi connectivity index (χ0) is 16.1. The number of nitrogens with one attached hydrogen (secondary N) is 1. The van der Waals surface area contributed by atoms with E-state index in [9.17, 15) is 4.79 Å². The minimum atomic E-state index is -0.450. The van der Waals surface area contributed by atoms with Crippen molar-refractivity contribution in [2.45, 2.75) is 32.9 Å². The van der Waals surface area contributed by atoms with Gasteiger partial charge in [0, 0.05) is 11.9 Å². The summed E-state index contributed by atoms with van der Waals surface area (Å²) < 4.78 is 0. The van der Waals surface area contributed by atoms with E-state index in [0.717, 1.165) is 11.3 Å². The molecule has 0 spiro atoms. The molecule has 0 radical (unpaired) electrons. The molecule has 0 aliphatic carbocycles. The van der Waals surface area contributed by atoms with Crippen LogP contribution in [0.4, 0.5) is 0 Å². The molecule has 0 saturated heterocycles. The molecule has 1 unspecified atom stereocenters. The molecule has 0 aliphatic rings. The molecule has 22 heavy (non-hydrogen) atoms. The van der Waals surface area contributed by atoms with Crippen LogP contribution in [0.5, 0.6) is 0 Å². The van der Waals surface area contributed by atoms with Crippen LogP contribution < -0.4 is 11.1 Å². The van der Waals surface area contributed by atoms with Crippen LogP contribution in [0.3, 0.4) is 0 Å². The molecule has 2 rings (SSSR count). The number of amides is 1. The molecule has 1 aromatic heterocycles. The number of aromatic nitrogens is 2. The first kappa shape index (κ1) is 16.1. The van der Waals surface area contributed by atoms with Gasteiger partial charge in [-0.25, -0.2) is 9.97 Å². The maximum atomic E-state index is 11.7. The molecule has 0 saturated carbocycles. The van der Waals surface area contributed by atoms with Crippen LogP contribution in [0, 0.1) is 12.8 Å². The first-order valence-corrected chi connectivity index (χ1v) is 7.39. The highest BCUT2D eigenvalue weighted by Gasteiger charge is 2.26. The topological polar surface area (TPSA) is 80.9 Å². The third-order valence-corrected chi connectivity index (χ3v) is 3.52. The Morgan fingerprint density at radius 3 is 2.41 bits per heavy atom. The summed E-state index contributed by atoms with van der Waals surface area (Å²) in [5.74, 6) is 0.343. The predicted molar refractivity (Wildman–Crippen MR) is 86.0 cm³/mol. The Bertz CT molecular complexity index is 628. The molecule has 116 valence electrons. The van der Waals surface area contributed by atoms with Gasteiger partial charge in [-0.2, -0.15) is 0 Å². The van der Waals surface area contributed by atoms with Crippen LogP contribution in [-0.4, -0.2) is 21.9 Å². The number of aryl methyl sites for hydroxylation is 1. The normalized spacial score (nSPS) is 13.8. The summed E-state index contributed by atoms with van der Waals surface area (Å²) in [6.45, 7) is 5.84. The van der Waals surface area contributed by atoms with Gasteiger partial charge in [-0.1, -0.05) is 44.2 Å². The van der Waals surface area contributed by atoms with E-state index in [4.69, 9.17) is 5.73 Å². The number of carbonyl (C=O) groups excluding carboxylic acids is 1. The third kappa shape index (κ3) is 3.89. The molecule has 1 amide bonds. The van der Waals surface area contributed by atoms with Gasteiger partial charge in [0.1, 0.15) is 5.82 Å². The largest absolute Gasteiger partial charge is 0.368 e. The van der Waals surface area contributed by atoms with E-state index >= 15 is 0 Å². The lowest BCUT2D eigenvalue weighted by Gasteiger charge is -2.26. The summed E-state index contributed by atoms with van der Waals surface area (Å²) in [4.78, 5) is 20.6. The molecule has 0 fully saturated rings. The van der Waals surface area contributed by atoms with Crippen molar-refractivity contribution in [2.75, 3.05) is 0 Å². The van der Waals surface area contributed by atoms with Crippen LogP contribution in [0.25, 0.3) is 0 Å². The lowest BCUT2D eigenvalue weighted by atomic mass is 9.99. The number of carbonyl (C=O) groups is 1. The van der Waals surface area contributed by atoms with Crippen LogP contribution in [0.15, 0.2) is 42.6 Å². The van der Waals surface area contributed by atoms with E-state index in [-0.39, 0.29) is 17.9 Å². The quantitative estimate of drug-likeness (QED) is 0.854. The molecule has 5 nitrogen and oxygen atoms in total. The number of nitrogens with two attached hydrogens (primary N) is 1. The molecule has 1 aromatic carbocycles. The van der Waals surface area contributed by atoms with Crippen molar-refractivity contribution in [2.24, 2.45) is 11.7 Å². The standard InChI is InChI=1S/C17H22N4O/c1-11(2)14(16(18)22)21-15(13-7-5-4-6-8-13)17-19-10-9-12(3)20-17/h4-11,14-15,21H,1-3H3,(H2,18,22)/t14-,15?/m0/s1. The SMILES string of the molecule is Cc1ccnc(C(N[C@H](C(N)=O)C(C)C)c2ccccc2)n1. The second-order valence-electron chi connectivity index (χ2n) is 5.69. The second kappa shape index (κ2) is 7.13. The van der Waals surface area contributed by atoms with Crippen LogP contribution in [0.2, 0.25) is 0 Å². The zero-order valence-electron chi connectivity index (χ0n) is 13.2. The number of hydrogen-bond acceptors (Lipinski definition) is 4. The highest BCUT2D eigenvalue weighted by molar-refractivity contribution is 5.80. The Morgan fingerprint density at radius 2 is 1.86 bits per heavy atom. The van der Waals surface area contributed by atoms with E-state index in [0.29, 0.717) is 5.82 Å². The van der Waals surface area contributed by atoms with Gasteiger partial charge in [-0.3, -0.25) is 10.1 Å². The highest BCUT2D eigenvalue weighted by atomic mass is 16.1. The summed E-state index contributed by atoms with van der Waals surface area (Å²) in [6.07, 6.45) is 1.73. The molecule has 2 aromatic rings. The van der Waals surface area contributed by atoms with Crippen LogP contribution in [-0.2, 0) is 4.79 Å². The second-order valence-corrected chi connectivity index (χ2v) is 5.69. The Kier molecular flexibility index (Phi) is 5.22. The molecule has 2 atom stereocenters. The van der Waals surface area contributed by atoms with Gasteiger partial charge in [0.25, 0.3) is 0 Å². The zero-order valence-corrected chi connectivity index (χ0v) is 13.2. The monoisotopic (exact) mass is 298 g/mol. The fraction of sp³-hybridized carbons (Fsp3) is 0.353. The van der Waals surface area contributed by atoms with Crippen molar-refractivity contribution in [1.29, 1.82) is 0 Å². The number of hydrogen-bond donors (Lipinski definition) is 2. The van der Waals surface area contributed by atoms with Gasteiger partial charge < -0.3 is 5.73 Å². The van der Waals surface area contributed by atoms with Gasteiger partial charge in [-0.05, 0) is 24.5 Å². The van der Waals surface area contributed by atoms with E-state index in [1.54, 1.807) is 6.20 Å². The van der Waals surface area contributed by atoms with Crippen molar-refractivity contribution < 1.29 is 4.79 Å². The Balaban J connectivity index is 2.40.